The van der Waals surface area contributed by atoms with Crippen molar-refractivity contribution in [2.24, 2.45) is 5.92 Å². The van der Waals surface area contributed by atoms with E-state index < -0.39 is 0 Å². The van der Waals surface area contributed by atoms with Crippen molar-refractivity contribution in [2.45, 2.75) is 32.7 Å². The molecule has 1 saturated heterocycles. The van der Waals surface area contributed by atoms with E-state index >= 15 is 0 Å². The molecule has 0 atom stereocenters. The number of amides is 2. The second-order valence-corrected chi connectivity index (χ2v) is 6.55. The van der Waals surface area contributed by atoms with Gasteiger partial charge in [0.1, 0.15) is 0 Å². The van der Waals surface area contributed by atoms with Crippen molar-refractivity contribution in [1.82, 2.24) is 9.80 Å². The Labute approximate surface area is 137 Å². The lowest BCUT2D eigenvalue weighted by Crippen LogP contribution is -2.45. The summed E-state index contributed by atoms with van der Waals surface area (Å²) < 4.78 is 0. The van der Waals surface area contributed by atoms with Gasteiger partial charge in [0.05, 0.1) is 0 Å². The lowest BCUT2D eigenvalue weighted by atomic mass is 9.94. The Morgan fingerprint density at radius 2 is 1.73 bits per heavy atom. The fraction of sp³-hybridized carbons (Fsp3) is 0.529. The molecule has 4 nitrogen and oxygen atoms in total. The minimum atomic E-state index is 0.0137. The van der Waals surface area contributed by atoms with E-state index in [1.807, 2.05) is 25.8 Å². The molecule has 0 aliphatic carbocycles. The molecular weight excluding hydrogens is 300 g/mol. The predicted molar refractivity (Wildman–Crippen MR) is 88.0 cm³/mol. The molecule has 1 aliphatic heterocycles. The normalized spacial score (nSPS) is 16.0. The molecule has 0 spiro atoms. The van der Waals surface area contributed by atoms with E-state index in [-0.39, 0.29) is 23.8 Å². The van der Waals surface area contributed by atoms with Gasteiger partial charge in [-0.2, -0.15) is 0 Å². The molecule has 1 heterocycles. The maximum Gasteiger partial charge on any atom is 0.253 e. The first kappa shape index (κ1) is 16.8. The van der Waals surface area contributed by atoms with Crippen molar-refractivity contribution in [3.8, 4) is 0 Å². The highest BCUT2D eigenvalue weighted by Crippen LogP contribution is 2.22. The van der Waals surface area contributed by atoms with E-state index in [1.54, 1.807) is 29.2 Å². The SMILES string of the molecule is CC(C)N(C)C(=O)C1CCN(C(=O)c2ccc(Cl)cc2)CC1. The summed E-state index contributed by atoms with van der Waals surface area (Å²) in [6, 6.07) is 7.15. The quantitative estimate of drug-likeness (QED) is 0.858. The molecule has 1 fully saturated rings. The summed E-state index contributed by atoms with van der Waals surface area (Å²) in [5.41, 5.74) is 0.647. The van der Waals surface area contributed by atoms with Gasteiger partial charge in [-0.15, -0.1) is 0 Å². The van der Waals surface area contributed by atoms with Crippen molar-refractivity contribution < 1.29 is 9.59 Å². The standard InChI is InChI=1S/C17H23ClN2O2/c1-12(2)19(3)16(21)14-8-10-20(11-9-14)17(22)13-4-6-15(18)7-5-13/h4-7,12,14H,8-11H2,1-3H3. The number of benzene rings is 1. The Bertz CT molecular complexity index is 534. The molecule has 5 heteroatoms. The molecule has 1 aromatic carbocycles. The number of nitrogens with zero attached hydrogens (tertiary/aromatic N) is 2. The van der Waals surface area contributed by atoms with Gasteiger partial charge in [-0.3, -0.25) is 9.59 Å². The van der Waals surface area contributed by atoms with Crippen LogP contribution >= 0.6 is 11.6 Å². The van der Waals surface area contributed by atoms with Crippen LogP contribution in [0.25, 0.3) is 0 Å². The second-order valence-electron chi connectivity index (χ2n) is 6.12. The zero-order valence-electron chi connectivity index (χ0n) is 13.4. The summed E-state index contributed by atoms with van der Waals surface area (Å²) in [4.78, 5) is 28.4. The zero-order chi connectivity index (χ0) is 16.3. The van der Waals surface area contributed by atoms with Crippen LogP contribution in [0.15, 0.2) is 24.3 Å². The number of rotatable bonds is 3. The van der Waals surface area contributed by atoms with Crippen molar-refractivity contribution in [3.63, 3.8) is 0 Å². The number of carbonyl (C=O) groups excluding carboxylic acids is 2. The van der Waals surface area contributed by atoms with Crippen LogP contribution in [-0.4, -0.2) is 47.8 Å². The number of carbonyl (C=O) groups is 2. The Balaban J connectivity index is 1.93. The number of hydrogen-bond acceptors (Lipinski definition) is 2. The molecule has 2 rings (SSSR count). The third kappa shape index (κ3) is 3.80. The smallest absolute Gasteiger partial charge is 0.253 e. The Morgan fingerprint density at radius 1 is 1.18 bits per heavy atom. The minimum absolute atomic E-state index is 0.0137. The first-order valence-electron chi connectivity index (χ1n) is 7.71. The number of piperidine rings is 1. The number of halogens is 1. The highest BCUT2D eigenvalue weighted by atomic mass is 35.5. The molecule has 0 aromatic heterocycles. The number of hydrogen-bond donors (Lipinski definition) is 0. The van der Waals surface area contributed by atoms with Crippen molar-refractivity contribution in [1.29, 1.82) is 0 Å². The molecule has 0 bridgehead atoms. The average Bonchev–Trinajstić information content (AvgIpc) is 2.53. The summed E-state index contributed by atoms with van der Waals surface area (Å²) in [5.74, 6) is 0.232. The molecular formula is C17H23ClN2O2. The first-order chi connectivity index (χ1) is 10.4. The van der Waals surface area contributed by atoms with Gasteiger partial charge in [-0.25, -0.2) is 0 Å². The van der Waals surface area contributed by atoms with E-state index in [4.69, 9.17) is 11.6 Å². The minimum Gasteiger partial charge on any atom is -0.343 e. The Kier molecular flexibility index (Phi) is 5.46. The van der Waals surface area contributed by atoms with Crippen molar-refractivity contribution in [3.05, 3.63) is 34.9 Å². The van der Waals surface area contributed by atoms with E-state index in [0.29, 0.717) is 23.7 Å². The maximum absolute atomic E-state index is 12.4. The van der Waals surface area contributed by atoms with E-state index in [1.165, 1.54) is 0 Å². The fourth-order valence-corrected chi connectivity index (χ4v) is 2.77. The van der Waals surface area contributed by atoms with Crippen LogP contribution in [0, 0.1) is 5.92 Å². The summed E-state index contributed by atoms with van der Waals surface area (Å²) in [5, 5.41) is 0.623. The summed E-state index contributed by atoms with van der Waals surface area (Å²) in [6.45, 7) is 5.28. The van der Waals surface area contributed by atoms with Gasteiger partial charge in [-0.05, 0) is 51.0 Å². The number of likely N-dealkylation sites (tertiary alicyclic amines) is 1. The van der Waals surface area contributed by atoms with Crippen LogP contribution in [0.5, 0.6) is 0 Å². The molecule has 0 N–H and O–H groups in total. The van der Waals surface area contributed by atoms with Gasteiger partial charge < -0.3 is 9.80 Å². The summed E-state index contributed by atoms with van der Waals surface area (Å²) >= 11 is 5.84. The second kappa shape index (κ2) is 7.14. The lowest BCUT2D eigenvalue weighted by Gasteiger charge is -2.34. The van der Waals surface area contributed by atoms with Crippen LogP contribution in [0.1, 0.15) is 37.0 Å². The largest absolute Gasteiger partial charge is 0.343 e. The van der Waals surface area contributed by atoms with Crippen LogP contribution in [0.4, 0.5) is 0 Å². The van der Waals surface area contributed by atoms with Gasteiger partial charge in [0, 0.05) is 42.7 Å². The third-order valence-electron chi connectivity index (χ3n) is 4.34. The lowest BCUT2D eigenvalue weighted by molar-refractivity contribution is -0.137. The highest BCUT2D eigenvalue weighted by molar-refractivity contribution is 6.30. The summed E-state index contributed by atoms with van der Waals surface area (Å²) in [7, 11) is 1.85. The topological polar surface area (TPSA) is 40.6 Å². The van der Waals surface area contributed by atoms with Gasteiger partial charge in [0.2, 0.25) is 5.91 Å². The van der Waals surface area contributed by atoms with Gasteiger partial charge in [-0.1, -0.05) is 11.6 Å². The average molecular weight is 323 g/mol. The molecule has 0 saturated carbocycles. The maximum atomic E-state index is 12.4. The first-order valence-corrected chi connectivity index (χ1v) is 8.09. The van der Waals surface area contributed by atoms with Crippen LogP contribution in [-0.2, 0) is 4.79 Å². The van der Waals surface area contributed by atoms with Gasteiger partial charge in [0.25, 0.3) is 5.91 Å². The fourth-order valence-electron chi connectivity index (χ4n) is 2.65. The summed E-state index contributed by atoms with van der Waals surface area (Å²) in [6.07, 6.45) is 1.46. The molecule has 22 heavy (non-hydrogen) atoms. The Hall–Kier alpha value is -1.55. The van der Waals surface area contributed by atoms with Gasteiger partial charge >= 0.3 is 0 Å². The molecule has 1 aromatic rings. The van der Waals surface area contributed by atoms with Crippen LogP contribution in [0.3, 0.4) is 0 Å². The highest BCUT2D eigenvalue weighted by Gasteiger charge is 2.30. The van der Waals surface area contributed by atoms with Gasteiger partial charge in [0.15, 0.2) is 0 Å². The molecule has 2 amide bonds. The van der Waals surface area contributed by atoms with Crippen molar-refractivity contribution in [2.75, 3.05) is 20.1 Å². The van der Waals surface area contributed by atoms with Crippen LogP contribution < -0.4 is 0 Å². The van der Waals surface area contributed by atoms with E-state index in [2.05, 4.69) is 0 Å². The monoisotopic (exact) mass is 322 g/mol. The third-order valence-corrected chi connectivity index (χ3v) is 4.60. The Morgan fingerprint density at radius 3 is 2.23 bits per heavy atom. The predicted octanol–water partition coefficient (Wildman–Crippen LogP) is 3.06. The zero-order valence-corrected chi connectivity index (χ0v) is 14.1. The van der Waals surface area contributed by atoms with E-state index in [9.17, 15) is 9.59 Å². The molecule has 0 unspecified atom stereocenters. The molecule has 120 valence electrons. The van der Waals surface area contributed by atoms with Crippen molar-refractivity contribution >= 4 is 23.4 Å². The van der Waals surface area contributed by atoms with E-state index in [0.717, 1.165) is 12.8 Å². The van der Waals surface area contributed by atoms with Crippen LogP contribution in [0.2, 0.25) is 5.02 Å². The molecule has 0 radical (unpaired) electrons. The molecule has 1 aliphatic rings.